The highest BCUT2D eigenvalue weighted by atomic mass is 16.4. The standard InChI is InChI=1S/C13H11N3O3/c17-12-4-8-3-7(1-2-9(8)16-12)10-6-14-11(15-10)5-13(18)19/h1-3,6H,4-5H2,(H,14,15)(H,16,17)(H,18,19). The fraction of sp³-hybridized carbons (Fsp3) is 0.154. The van der Waals surface area contributed by atoms with Crippen molar-refractivity contribution in [3.63, 3.8) is 0 Å². The van der Waals surface area contributed by atoms with Crippen molar-refractivity contribution >= 4 is 17.6 Å². The van der Waals surface area contributed by atoms with Crippen LogP contribution < -0.4 is 5.32 Å². The summed E-state index contributed by atoms with van der Waals surface area (Å²) in [6.45, 7) is 0. The molecule has 1 aromatic heterocycles. The highest BCUT2D eigenvalue weighted by Crippen LogP contribution is 2.28. The minimum Gasteiger partial charge on any atom is -0.481 e. The number of carboxylic acid groups (broad SMARTS) is 1. The zero-order valence-corrected chi connectivity index (χ0v) is 9.93. The van der Waals surface area contributed by atoms with Gasteiger partial charge in [-0.15, -0.1) is 0 Å². The molecule has 1 aromatic carbocycles. The third-order valence-electron chi connectivity index (χ3n) is 2.99. The second-order valence-electron chi connectivity index (χ2n) is 4.41. The van der Waals surface area contributed by atoms with Gasteiger partial charge < -0.3 is 15.4 Å². The van der Waals surface area contributed by atoms with Crippen molar-refractivity contribution in [3.8, 4) is 11.3 Å². The van der Waals surface area contributed by atoms with Gasteiger partial charge in [-0.25, -0.2) is 4.98 Å². The predicted octanol–water partition coefficient (Wildman–Crippen LogP) is 1.20. The van der Waals surface area contributed by atoms with Gasteiger partial charge in [0.15, 0.2) is 0 Å². The van der Waals surface area contributed by atoms with E-state index in [0.717, 1.165) is 22.5 Å². The first-order valence-corrected chi connectivity index (χ1v) is 5.80. The molecule has 0 aliphatic carbocycles. The van der Waals surface area contributed by atoms with Crippen LogP contribution in [-0.4, -0.2) is 27.0 Å². The lowest BCUT2D eigenvalue weighted by Gasteiger charge is -2.01. The highest BCUT2D eigenvalue weighted by Gasteiger charge is 2.18. The van der Waals surface area contributed by atoms with E-state index in [0.29, 0.717) is 12.2 Å². The molecule has 3 N–H and O–H groups in total. The summed E-state index contributed by atoms with van der Waals surface area (Å²) in [4.78, 5) is 28.9. The number of nitrogens with zero attached hydrogens (tertiary/aromatic N) is 1. The normalized spacial score (nSPS) is 13.2. The second-order valence-corrected chi connectivity index (χ2v) is 4.41. The highest BCUT2D eigenvalue weighted by molar-refractivity contribution is 5.99. The molecule has 0 bridgehead atoms. The van der Waals surface area contributed by atoms with Crippen LogP contribution in [0.25, 0.3) is 11.3 Å². The lowest BCUT2D eigenvalue weighted by Crippen LogP contribution is -2.03. The molecule has 0 saturated carbocycles. The van der Waals surface area contributed by atoms with Crippen molar-refractivity contribution in [2.75, 3.05) is 5.32 Å². The molecule has 0 unspecified atom stereocenters. The number of aromatic amines is 1. The number of benzene rings is 1. The molecule has 3 rings (SSSR count). The predicted molar refractivity (Wildman–Crippen MR) is 67.7 cm³/mol. The fourth-order valence-corrected chi connectivity index (χ4v) is 2.14. The smallest absolute Gasteiger partial charge is 0.311 e. The number of aliphatic carboxylic acids is 1. The topological polar surface area (TPSA) is 95.1 Å². The van der Waals surface area contributed by atoms with Gasteiger partial charge in [-0.05, 0) is 23.3 Å². The number of carboxylic acids is 1. The van der Waals surface area contributed by atoms with Gasteiger partial charge in [-0.2, -0.15) is 0 Å². The molecule has 0 spiro atoms. The van der Waals surface area contributed by atoms with Crippen LogP contribution in [0.4, 0.5) is 5.69 Å². The van der Waals surface area contributed by atoms with Crippen LogP contribution in [0.2, 0.25) is 0 Å². The lowest BCUT2D eigenvalue weighted by atomic mass is 10.1. The van der Waals surface area contributed by atoms with Crippen LogP contribution in [-0.2, 0) is 22.4 Å². The molecule has 2 heterocycles. The Bertz CT molecular complexity index is 676. The summed E-state index contributed by atoms with van der Waals surface area (Å²) in [5.74, 6) is -0.523. The number of hydrogen-bond donors (Lipinski definition) is 3. The van der Waals surface area contributed by atoms with E-state index in [4.69, 9.17) is 5.11 Å². The first-order valence-electron chi connectivity index (χ1n) is 5.80. The van der Waals surface area contributed by atoms with Crippen molar-refractivity contribution < 1.29 is 14.7 Å². The molecule has 1 aliphatic rings. The Morgan fingerprint density at radius 2 is 2.26 bits per heavy atom. The third-order valence-corrected chi connectivity index (χ3v) is 2.99. The van der Waals surface area contributed by atoms with Crippen molar-refractivity contribution in [2.45, 2.75) is 12.8 Å². The number of rotatable bonds is 3. The summed E-state index contributed by atoms with van der Waals surface area (Å²) in [6.07, 6.45) is 1.84. The Morgan fingerprint density at radius 3 is 3.05 bits per heavy atom. The molecule has 6 nitrogen and oxygen atoms in total. The molecule has 1 amide bonds. The summed E-state index contributed by atoms with van der Waals surface area (Å²) < 4.78 is 0. The van der Waals surface area contributed by atoms with E-state index in [2.05, 4.69) is 15.3 Å². The summed E-state index contributed by atoms with van der Waals surface area (Å²) >= 11 is 0. The number of anilines is 1. The van der Waals surface area contributed by atoms with Crippen LogP contribution in [0.3, 0.4) is 0 Å². The van der Waals surface area contributed by atoms with Gasteiger partial charge in [0.05, 0.1) is 18.3 Å². The SMILES string of the molecule is O=C(O)Cc1ncc(-c2ccc3c(c2)CC(=O)N3)[nH]1. The second kappa shape index (κ2) is 4.24. The summed E-state index contributed by atoms with van der Waals surface area (Å²) in [7, 11) is 0. The number of aromatic nitrogens is 2. The van der Waals surface area contributed by atoms with Gasteiger partial charge in [0.1, 0.15) is 12.2 Å². The average molecular weight is 257 g/mol. The zero-order chi connectivity index (χ0) is 13.4. The van der Waals surface area contributed by atoms with Crippen molar-refractivity contribution in [3.05, 3.63) is 35.8 Å². The molecule has 0 fully saturated rings. The maximum absolute atomic E-state index is 11.3. The maximum atomic E-state index is 11.3. The van der Waals surface area contributed by atoms with Crippen molar-refractivity contribution in [2.24, 2.45) is 0 Å². The van der Waals surface area contributed by atoms with Crippen LogP contribution in [0.1, 0.15) is 11.4 Å². The Labute approximate surface area is 108 Å². The number of H-pyrrole nitrogens is 1. The molecule has 0 atom stereocenters. The van der Waals surface area contributed by atoms with E-state index in [1.165, 1.54) is 0 Å². The van der Waals surface area contributed by atoms with Crippen LogP contribution in [0.5, 0.6) is 0 Å². The molecular formula is C13H11N3O3. The quantitative estimate of drug-likeness (QED) is 0.769. The van der Waals surface area contributed by atoms with E-state index >= 15 is 0 Å². The van der Waals surface area contributed by atoms with E-state index in [-0.39, 0.29) is 12.3 Å². The van der Waals surface area contributed by atoms with Crippen LogP contribution in [0, 0.1) is 0 Å². The number of nitrogens with one attached hydrogen (secondary N) is 2. The molecule has 2 aromatic rings. The number of carbonyl (C=O) groups is 2. The maximum Gasteiger partial charge on any atom is 0.311 e. The van der Waals surface area contributed by atoms with E-state index in [1.54, 1.807) is 6.20 Å². The van der Waals surface area contributed by atoms with Crippen molar-refractivity contribution in [1.29, 1.82) is 0 Å². The van der Waals surface area contributed by atoms with E-state index in [1.807, 2.05) is 18.2 Å². The van der Waals surface area contributed by atoms with Gasteiger partial charge in [0.2, 0.25) is 5.91 Å². The Hall–Kier alpha value is -2.63. The van der Waals surface area contributed by atoms with Crippen LogP contribution >= 0.6 is 0 Å². The van der Waals surface area contributed by atoms with Gasteiger partial charge in [-0.3, -0.25) is 9.59 Å². The van der Waals surface area contributed by atoms with Gasteiger partial charge >= 0.3 is 5.97 Å². The Balaban J connectivity index is 1.90. The summed E-state index contributed by atoms with van der Waals surface area (Å²) in [6, 6.07) is 5.61. The monoisotopic (exact) mass is 257 g/mol. The molecule has 0 radical (unpaired) electrons. The van der Waals surface area contributed by atoms with Crippen molar-refractivity contribution in [1.82, 2.24) is 9.97 Å². The first-order chi connectivity index (χ1) is 9.11. The molecule has 1 aliphatic heterocycles. The zero-order valence-electron chi connectivity index (χ0n) is 9.93. The number of hydrogen-bond acceptors (Lipinski definition) is 3. The number of carbonyl (C=O) groups excluding carboxylic acids is 1. The van der Waals surface area contributed by atoms with E-state index < -0.39 is 5.97 Å². The molecule has 6 heteroatoms. The summed E-state index contributed by atoms with van der Waals surface area (Å²) in [5, 5.41) is 11.5. The largest absolute Gasteiger partial charge is 0.481 e. The van der Waals surface area contributed by atoms with Gasteiger partial charge in [-0.1, -0.05) is 6.07 Å². The molecule has 19 heavy (non-hydrogen) atoms. The lowest BCUT2D eigenvalue weighted by molar-refractivity contribution is -0.136. The Morgan fingerprint density at radius 1 is 1.42 bits per heavy atom. The minimum atomic E-state index is -0.926. The van der Waals surface area contributed by atoms with Gasteiger partial charge in [0.25, 0.3) is 0 Å². The number of amides is 1. The first kappa shape index (κ1) is 11.5. The summed E-state index contributed by atoms with van der Waals surface area (Å²) in [5.41, 5.74) is 3.41. The third kappa shape index (κ3) is 2.20. The van der Waals surface area contributed by atoms with Gasteiger partial charge in [0, 0.05) is 5.69 Å². The molecule has 96 valence electrons. The average Bonchev–Trinajstić information content (AvgIpc) is 2.92. The number of fused-ring (bicyclic) bond motifs is 1. The number of imidazole rings is 1. The molecular weight excluding hydrogens is 246 g/mol. The minimum absolute atomic E-state index is 0.0108. The Kier molecular flexibility index (Phi) is 2.56. The fourth-order valence-electron chi connectivity index (χ4n) is 2.14. The van der Waals surface area contributed by atoms with Crippen LogP contribution in [0.15, 0.2) is 24.4 Å². The molecule has 0 saturated heterocycles. The van der Waals surface area contributed by atoms with E-state index in [9.17, 15) is 9.59 Å².